The van der Waals surface area contributed by atoms with E-state index in [1.165, 1.54) is 35.0 Å². The number of nitrogens with zero attached hydrogens (tertiary/aromatic N) is 3. The number of hydrogen-bond acceptors (Lipinski definition) is 3. The number of aromatic nitrogens is 2. The Bertz CT molecular complexity index is 1020. The summed E-state index contributed by atoms with van der Waals surface area (Å²) >= 11 is 0. The van der Waals surface area contributed by atoms with Crippen LogP contribution in [0.1, 0.15) is 24.3 Å². The molecule has 3 aromatic rings. The summed E-state index contributed by atoms with van der Waals surface area (Å²) in [6.45, 7) is 4.73. The summed E-state index contributed by atoms with van der Waals surface area (Å²) in [5, 5.41) is 4.47. The van der Waals surface area contributed by atoms with Crippen LogP contribution in [0.5, 0.6) is 0 Å². The normalized spacial score (nSPS) is 19.4. The van der Waals surface area contributed by atoms with E-state index >= 15 is 0 Å². The van der Waals surface area contributed by atoms with Crippen molar-refractivity contribution in [2.45, 2.75) is 26.1 Å². The zero-order valence-corrected chi connectivity index (χ0v) is 16.2. The molecule has 1 aliphatic rings. The van der Waals surface area contributed by atoms with Crippen LogP contribution in [0.25, 0.3) is 16.9 Å². The summed E-state index contributed by atoms with van der Waals surface area (Å²) in [4.78, 5) is 15.0. The van der Waals surface area contributed by atoms with Gasteiger partial charge in [0.15, 0.2) is 0 Å². The minimum absolute atomic E-state index is 0.0871. The molecule has 0 spiro atoms. The molecule has 0 radical (unpaired) electrons. The number of amides is 1. The number of halogens is 2. The van der Waals surface area contributed by atoms with Gasteiger partial charge < -0.3 is 9.64 Å². The lowest BCUT2D eigenvalue weighted by Crippen LogP contribution is -2.48. The third-order valence-corrected chi connectivity index (χ3v) is 4.86. The highest BCUT2D eigenvalue weighted by atomic mass is 19.1. The molecule has 1 aliphatic heterocycles. The summed E-state index contributed by atoms with van der Waals surface area (Å²) < 4.78 is 34.9. The summed E-state index contributed by atoms with van der Waals surface area (Å²) in [6, 6.07) is 13.5. The van der Waals surface area contributed by atoms with Crippen LogP contribution in [0.15, 0.2) is 54.6 Å². The number of hydrogen-bond donors (Lipinski definition) is 0. The van der Waals surface area contributed by atoms with Crippen LogP contribution in [0.3, 0.4) is 0 Å². The summed E-state index contributed by atoms with van der Waals surface area (Å²) in [5.41, 5.74) is 1.44. The van der Waals surface area contributed by atoms with Gasteiger partial charge in [0, 0.05) is 18.7 Å². The molecule has 0 saturated carbocycles. The average Bonchev–Trinajstić information content (AvgIpc) is 3.12. The van der Waals surface area contributed by atoms with Gasteiger partial charge in [-0.05, 0) is 56.3 Å². The fourth-order valence-corrected chi connectivity index (χ4v) is 3.62. The molecule has 0 bridgehead atoms. The zero-order valence-electron chi connectivity index (χ0n) is 16.2. The standard InChI is InChI=1S/C22H21F2N3O2/c1-14-12-26(13-15(2)29-14)22(28)21-11-20(18-5-3-4-6-19(18)24)25-27(21)17-9-7-16(23)8-10-17/h3-11,14-15H,12-13H2,1-2H3. The molecule has 2 aromatic carbocycles. The Morgan fingerprint density at radius 1 is 1.03 bits per heavy atom. The SMILES string of the molecule is CC1CN(C(=O)c2cc(-c3ccccc3F)nn2-c2ccc(F)cc2)CC(C)O1. The fourth-order valence-electron chi connectivity index (χ4n) is 3.62. The molecule has 1 saturated heterocycles. The first-order chi connectivity index (χ1) is 13.9. The maximum atomic E-state index is 14.3. The van der Waals surface area contributed by atoms with E-state index in [0.717, 1.165) is 0 Å². The van der Waals surface area contributed by atoms with Crippen LogP contribution in [0.4, 0.5) is 8.78 Å². The van der Waals surface area contributed by atoms with Crippen molar-refractivity contribution >= 4 is 5.91 Å². The number of rotatable bonds is 3. The van der Waals surface area contributed by atoms with Crippen molar-refractivity contribution in [2.24, 2.45) is 0 Å². The minimum atomic E-state index is -0.427. The number of ether oxygens (including phenoxy) is 1. The van der Waals surface area contributed by atoms with Crippen LogP contribution in [-0.2, 0) is 4.74 Å². The van der Waals surface area contributed by atoms with Gasteiger partial charge in [0.2, 0.25) is 0 Å². The van der Waals surface area contributed by atoms with Crippen molar-refractivity contribution in [1.82, 2.24) is 14.7 Å². The first kappa shape index (κ1) is 19.3. The molecule has 2 heterocycles. The van der Waals surface area contributed by atoms with Gasteiger partial charge in [-0.2, -0.15) is 5.10 Å². The quantitative estimate of drug-likeness (QED) is 0.670. The van der Waals surface area contributed by atoms with Gasteiger partial charge in [-0.1, -0.05) is 12.1 Å². The Balaban J connectivity index is 1.79. The zero-order chi connectivity index (χ0) is 20.5. The molecule has 1 fully saturated rings. The van der Waals surface area contributed by atoms with Crippen LogP contribution in [-0.4, -0.2) is 45.9 Å². The first-order valence-electron chi connectivity index (χ1n) is 9.48. The number of benzene rings is 2. The molecule has 29 heavy (non-hydrogen) atoms. The van der Waals surface area contributed by atoms with Crippen LogP contribution in [0, 0.1) is 11.6 Å². The van der Waals surface area contributed by atoms with Gasteiger partial charge in [-0.15, -0.1) is 0 Å². The third kappa shape index (κ3) is 3.91. The lowest BCUT2D eigenvalue weighted by Gasteiger charge is -2.35. The van der Waals surface area contributed by atoms with Crippen molar-refractivity contribution in [1.29, 1.82) is 0 Å². The molecule has 5 nitrogen and oxygen atoms in total. The molecule has 4 rings (SSSR count). The van der Waals surface area contributed by atoms with Crippen molar-refractivity contribution < 1.29 is 18.3 Å². The van der Waals surface area contributed by atoms with E-state index in [-0.39, 0.29) is 29.6 Å². The van der Waals surface area contributed by atoms with Gasteiger partial charge in [0.05, 0.1) is 23.6 Å². The molecule has 150 valence electrons. The van der Waals surface area contributed by atoms with E-state index in [1.54, 1.807) is 29.2 Å². The lowest BCUT2D eigenvalue weighted by atomic mass is 10.1. The van der Waals surface area contributed by atoms with E-state index < -0.39 is 5.82 Å². The predicted molar refractivity (Wildman–Crippen MR) is 105 cm³/mol. The van der Waals surface area contributed by atoms with Gasteiger partial charge in [-0.3, -0.25) is 4.79 Å². The fraction of sp³-hybridized carbons (Fsp3) is 0.273. The maximum Gasteiger partial charge on any atom is 0.272 e. The van der Waals surface area contributed by atoms with Crippen molar-refractivity contribution in [2.75, 3.05) is 13.1 Å². The Hall–Kier alpha value is -3.06. The molecular weight excluding hydrogens is 376 g/mol. The largest absolute Gasteiger partial charge is 0.372 e. The Labute approximate surface area is 167 Å². The van der Waals surface area contributed by atoms with E-state index in [4.69, 9.17) is 4.74 Å². The van der Waals surface area contributed by atoms with Gasteiger partial charge in [0.25, 0.3) is 5.91 Å². The van der Waals surface area contributed by atoms with Crippen molar-refractivity contribution in [3.63, 3.8) is 0 Å². The molecule has 0 N–H and O–H groups in total. The van der Waals surface area contributed by atoms with Gasteiger partial charge in [0.1, 0.15) is 17.3 Å². The predicted octanol–water partition coefficient (Wildman–Crippen LogP) is 4.07. The Morgan fingerprint density at radius 2 is 1.69 bits per heavy atom. The molecule has 2 unspecified atom stereocenters. The van der Waals surface area contributed by atoms with E-state index in [9.17, 15) is 13.6 Å². The highest BCUT2D eigenvalue weighted by Crippen LogP contribution is 2.26. The third-order valence-electron chi connectivity index (χ3n) is 4.86. The monoisotopic (exact) mass is 397 g/mol. The second kappa shape index (κ2) is 7.75. The van der Waals surface area contributed by atoms with E-state index in [1.807, 2.05) is 13.8 Å². The highest BCUT2D eigenvalue weighted by molar-refractivity contribution is 5.94. The van der Waals surface area contributed by atoms with Gasteiger partial charge in [-0.25, -0.2) is 13.5 Å². The summed E-state index contributed by atoms with van der Waals surface area (Å²) in [7, 11) is 0. The van der Waals surface area contributed by atoms with E-state index in [2.05, 4.69) is 5.10 Å². The Morgan fingerprint density at radius 3 is 2.34 bits per heavy atom. The molecule has 0 aliphatic carbocycles. The topological polar surface area (TPSA) is 47.4 Å². The summed E-state index contributed by atoms with van der Waals surface area (Å²) in [5.74, 6) is -1.05. The molecule has 1 aromatic heterocycles. The van der Waals surface area contributed by atoms with Crippen LogP contribution < -0.4 is 0 Å². The molecule has 2 atom stereocenters. The minimum Gasteiger partial charge on any atom is -0.372 e. The first-order valence-corrected chi connectivity index (χ1v) is 9.48. The molecule has 7 heteroatoms. The summed E-state index contributed by atoms with van der Waals surface area (Å²) in [6.07, 6.45) is -0.174. The van der Waals surface area contributed by atoms with Crippen molar-refractivity contribution in [3.05, 3.63) is 71.9 Å². The smallest absolute Gasteiger partial charge is 0.272 e. The maximum absolute atomic E-state index is 14.3. The number of carbonyl (C=O) groups is 1. The van der Waals surface area contributed by atoms with Crippen LogP contribution in [0.2, 0.25) is 0 Å². The molecule has 1 amide bonds. The van der Waals surface area contributed by atoms with Gasteiger partial charge >= 0.3 is 0 Å². The average molecular weight is 397 g/mol. The second-order valence-corrected chi connectivity index (χ2v) is 7.25. The second-order valence-electron chi connectivity index (χ2n) is 7.25. The van der Waals surface area contributed by atoms with E-state index in [0.29, 0.717) is 30.0 Å². The number of morpholine rings is 1. The molecular formula is C22H21F2N3O2. The van der Waals surface area contributed by atoms with Crippen LogP contribution >= 0.6 is 0 Å². The number of carbonyl (C=O) groups excluding carboxylic acids is 1. The Kier molecular flexibility index (Phi) is 5.15. The van der Waals surface area contributed by atoms with Crippen molar-refractivity contribution in [3.8, 4) is 16.9 Å². The lowest BCUT2D eigenvalue weighted by molar-refractivity contribution is -0.0588. The highest BCUT2D eigenvalue weighted by Gasteiger charge is 2.29.